The number of carbonyl (C=O) groups is 2. The molecule has 1 fully saturated rings. The van der Waals surface area contributed by atoms with Gasteiger partial charge < -0.3 is 10.3 Å². The molecule has 1 saturated carbocycles. The predicted molar refractivity (Wildman–Crippen MR) is 151 cm³/mol. The van der Waals surface area contributed by atoms with Crippen LogP contribution in [-0.2, 0) is 6.18 Å². The van der Waals surface area contributed by atoms with Crippen molar-refractivity contribution >= 4 is 58.2 Å². The largest absolute Gasteiger partial charge is 0.417 e. The van der Waals surface area contributed by atoms with E-state index in [1.807, 2.05) is 0 Å². The number of H-pyrrole nitrogens is 1. The number of rotatable bonds is 5. The Morgan fingerprint density at radius 1 is 1.07 bits per heavy atom. The van der Waals surface area contributed by atoms with E-state index in [4.69, 9.17) is 22.4 Å². The molecule has 1 aromatic heterocycles. The third-order valence-corrected chi connectivity index (χ3v) is 7.46. The molecule has 40 heavy (non-hydrogen) atoms. The molecule has 4 N–H and O–H groups in total. The number of hydrazine groups is 1. The Kier molecular flexibility index (Phi) is 8.44. The summed E-state index contributed by atoms with van der Waals surface area (Å²) in [5.74, 6) is 5.40. The first-order valence-electron chi connectivity index (χ1n) is 12.4. The number of halogens is 5. The monoisotopic (exact) mass is 591 g/mol. The standard InChI is InChI=1S/C28H25ClF3N5O2.ClH/c1-15-21(29)11-6-12-22(15)35-26(38)19-13-17(14-23-24(19)36-25(34-23)16-7-2-3-8-16)37(33)27(39)18-9-4-5-10-20(18)28(30,31)32;/h4-6,9-14,16H,2-3,7-8,33H2,1H3,(H,34,36)(H,35,38);1H. The van der Waals surface area contributed by atoms with Gasteiger partial charge in [0.25, 0.3) is 11.8 Å². The van der Waals surface area contributed by atoms with Crippen LogP contribution in [0.1, 0.15) is 69.3 Å². The summed E-state index contributed by atoms with van der Waals surface area (Å²) in [4.78, 5) is 34.7. The smallest absolute Gasteiger partial charge is 0.342 e. The molecule has 0 atom stereocenters. The number of benzene rings is 3. The highest BCUT2D eigenvalue weighted by Crippen LogP contribution is 2.36. The Hall–Kier alpha value is -3.60. The summed E-state index contributed by atoms with van der Waals surface area (Å²) in [6.45, 7) is 1.76. The third-order valence-electron chi connectivity index (χ3n) is 7.05. The average molecular weight is 592 g/mol. The van der Waals surface area contributed by atoms with Gasteiger partial charge in [0.15, 0.2) is 0 Å². The van der Waals surface area contributed by atoms with Gasteiger partial charge in [0.1, 0.15) is 11.3 Å². The maximum Gasteiger partial charge on any atom is 0.417 e. The van der Waals surface area contributed by atoms with Crippen LogP contribution in [-0.4, -0.2) is 21.8 Å². The predicted octanol–water partition coefficient (Wildman–Crippen LogP) is 7.40. The van der Waals surface area contributed by atoms with E-state index >= 15 is 0 Å². The van der Waals surface area contributed by atoms with Gasteiger partial charge in [0, 0.05) is 16.6 Å². The van der Waals surface area contributed by atoms with Crippen molar-refractivity contribution in [3.05, 3.63) is 87.7 Å². The number of hydrogen-bond donors (Lipinski definition) is 3. The summed E-state index contributed by atoms with van der Waals surface area (Å²) < 4.78 is 40.8. The van der Waals surface area contributed by atoms with Crippen LogP contribution in [0.15, 0.2) is 54.6 Å². The van der Waals surface area contributed by atoms with Crippen molar-refractivity contribution in [3.63, 3.8) is 0 Å². The molecule has 12 heteroatoms. The zero-order chi connectivity index (χ0) is 27.9. The number of amides is 2. The number of nitrogens with zero attached hydrogens (tertiary/aromatic N) is 2. The number of fused-ring (bicyclic) bond motifs is 1. The first kappa shape index (κ1) is 29.4. The van der Waals surface area contributed by atoms with Crippen LogP contribution in [0.25, 0.3) is 11.0 Å². The van der Waals surface area contributed by atoms with E-state index in [2.05, 4.69) is 10.3 Å². The SMILES string of the molecule is Cc1c(Cl)cccc1NC(=O)c1cc(N(N)C(=O)c2ccccc2C(F)(F)F)cc2[nH]c(C3CCCC3)nc12.Cl. The van der Waals surface area contributed by atoms with Gasteiger partial charge in [-0.1, -0.05) is 42.6 Å². The van der Waals surface area contributed by atoms with Gasteiger partial charge in [-0.25, -0.2) is 15.8 Å². The van der Waals surface area contributed by atoms with E-state index in [9.17, 15) is 22.8 Å². The van der Waals surface area contributed by atoms with Crippen molar-refractivity contribution in [3.8, 4) is 0 Å². The van der Waals surface area contributed by atoms with Crippen LogP contribution in [0.2, 0.25) is 5.02 Å². The normalized spacial score (nSPS) is 13.8. The van der Waals surface area contributed by atoms with Crippen LogP contribution in [0.3, 0.4) is 0 Å². The second kappa shape index (κ2) is 11.5. The molecule has 0 radical (unpaired) electrons. The lowest BCUT2D eigenvalue weighted by molar-refractivity contribution is -0.137. The molecule has 1 heterocycles. The van der Waals surface area contributed by atoms with Gasteiger partial charge in [-0.05, 0) is 61.7 Å². The Labute approximate surface area is 239 Å². The van der Waals surface area contributed by atoms with Crippen LogP contribution in [0.4, 0.5) is 24.5 Å². The zero-order valence-electron chi connectivity index (χ0n) is 21.3. The lowest BCUT2D eigenvalue weighted by Gasteiger charge is -2.20. The molecule has 4 aromatic rings. The summed E-state index contributed by atoms with van der Waals surface area (Å²) in [6, 6.07) is 12.4. The first-order valence-corrected chi connectivity index (χ1v) is 12.8. The van der Waals surface area contributed by atoms with E-state index in [-0.39, 0.29) is 29.6 Å². The summed E-state index contributed by atoms with van der Waals surface area (Å²) in [7, 11) is 0. The molecule has 0 unspecified atom stereocenters. The molecule has 0 bridgehead atoms. The lowest BCUT2D eigenvalue weighted by atomic mass is 10.1. The number of hydrogen-bond acceptors (Lipinski definition) is 4. The molecule has 3 aromatic carbocycles. The van der Waals surface area contributed by atoms with Gasteiger partial charge in [-0.15, -0.1) is 12.4 Å². The van der Waals surface area contributed by atoms with Crippen LogP contribution in [0, 0.1) is 6.92 Å². The fourth-order valence-corrected chi connectivity index (χ4v) is 5.10. The van der Waals surface area contributed by atoms with E-state index < -0.39 is 29.1 Å². The van der Waals surface area contributed by atoms with Gasteiger partial charge in [-0.2, -0.15) is 13.2 Å². The van der Waals surface area contributed by atoms with E-state index in [1.54, 1.807) is 25.1 Å². The molecule has 1 aliphatic carbocycles. The molecular weight excluding hydrogens is 566 g/mol. The van der Waals surface area contributed by atoms with Crippen molar-refractivity contribution in [2.24, 2.45) is 5.84 Å². The number of aromatic nitrogens is 2. The molecule has 0 spiro atoms. The maximum atomic E-state index is 13.6. The van der Waals surface area contributed by atoms with Gasteiger partial charge in [0.2, 0.25) is 0 Å². The second-order valence-corrected chi connectivity index (χ2v) is 9.99. The Bertz CT molecular complexity index is 1580. The highest BCUT2D eigenvalue weighted by atomic mass is 35.5. The average Bonchev–Trinajstić information content (AvgIpc) is 3.59. The summed E-state index contributed by atoms with van der Waals surface area (Å²) in [5, 5.41) is 3.91. The topological polar surface area (TPSA) is 104 Å². The Balaban J connectivity index is 0.00000370. The number of imidazole rings is 1. The first-order chi connectivity index (χ1) is 18.5. The van der Waals surface area contributed by atoms with Crippen LogP contribution < -0.4 is 16.2 Å². The maximum absolute atomic E-state index is 13.6. The quantitative estimate of drug-likeness (QED) is 0.128. The van der Waals surface area contributed by atoms with E-state index in [0.717, 1.165) is 37.8 Å². The summed E-state index contributed by atoms with van der Waals surface area (Å²) >= 11 is 6.21. The number of alkyl halides is 3. The number of nitrogens with one attached hydrogen (secondary N) is 2. The van der Waals surface area contributed by atoms with Crippen molar-refractivity contribution in [1.29, 1.82) is 0 Å². The van der Waals surface area contributed by atoms with E-state index in [0.29, 0.717) is 38.1 Å². The Morgan fingerprint density at radius 2 is 1.77 bits per heavy atom. The van der Waals surface area contributed by atoms with Crippen molar-refractivity contribution in [2.75, 3.05) is 10.3 Å². The molecule has 7 nitrogen and oxygen atoms in total. The minimum absolute atomic E-state index is 0. The van der Waals surface area contributed by atoms with E-state index in [1.165, 1.54) is 24.3 Å². The molecule has 1 aliphatic rings. The molecule has 0 aliphatic heterocycles. The van der Waals surface area contributed by atoms with Gasteiger partial charge in [-0.3, -0.25) is 9.59 Å². The lowest BCUT2D eigenvalue weighted by Crippen LogP contribution is -2.38. The van der Waals surface area contributed by atoms with Crippen molar-refractivity contribution in [1.82, 2.24) is 9.97 Å². The third kappa shape index (κ3) is 5.65. The number of aromatic amines is 1. The van der Waals surface area contributed by atoms with Crippen LogP contribution in [0.5, 0.6) is 0 Å². The highest BCUT2D eigenvalue weighted by Gasteiger charge is 2.36. The van der Waals surface area contributed by atoms with Gasteiger partial charge in [0.05, 0.1) is 27.9 Å². The highest BCUT2D eigenvalue weighted by molar-refractivity contribution is 6.31. The fourth-order valence-electron chi connectivity index (χ4n) is 4.92. The molecule has 2 amide bonds. The van der Waals surface area contributed by atoms with Crippen molar-refractivity contribution in [2.45, 2.75) is 44.7 Å². The fraction of sp³-hybridized carbons (Fsp3) is 0.250. The molecule has 0 saturated heterocycles. The number of nitrogens with two attached hydrogens (primary N) is 1. The number of anilines is 2. The van der Waals surface area contributed by atoms with Crippen LogP contribution >= 0.6 is 24.0 Å². The molecule has 5 rings (SSSR count). The summed E-state index contributed by atoms with van der Waals surface area (Å²) in [6.07, 6.45) is -0.718. The van der Waals surface area contributed by atoms with Gasteiger partial charge >= 0.3 is 6.18 Å². The second-order valence-electron chi connectivity index (χ2n) is 9.58. The minimum Gasteiger partial charge on any atom is -0.342 e. The summed E-state index contributed by atoms with van der Waals surface area (Å²) in [5.41, 5.74) is 0.374. The minimum atomic E-state index is -4.75. The number of carbonyl (C=O) groups excluding carboxylic acids is 2. The molecule has 210 valence electrons. The zero-order valence-corrected chi connectivity index (χ0v) is 22.9. The molecular formula is C28H26Cl2F3N5O2. The van der Waals surface area contributed by atoms with Crippen molar-refractivity contribution < 1.29 is 22.8 Å². The Morgan fingerprint density at radius 3 is 2.48 bits per heavy atom.